The largest absolute Gasteiger partial charge is 0.382 e. The lowest BCUT2D eigenvalue weighted by molar-refractivity contribution is -0.100. The fourth-order valence-electron chi connectivity index (χ4n) is 2.56. The molecule has 0 saturated heterocycles. The Morgan fingerprint density at radius 2 is 1.65 bits per heavy atom. The van der Waals surface area contributed by atoms with Crippen molar-refractivity contribution in [1.29, 1.82) is 0 Å². The lowest BCUT2D eigenvalue weighted by Gasteiger charge is -2.35. The molecule has 2 rings (SSSR count). The van der Waals surface area contributed by atoms with E-state index in [1.54, 1.807) is 13.2 Å². The van der Waals surface area contributed by atoms with Gasteiger partial charge in [-0.25, -0.2) is 0 Å². The van der Waals surface area contributed by atoms with Gasteiger partial charge in [-0.3, -0.25) is 0 Å². The Morgan fingerprint density at radius 3 is 2.15 bits per heavy atom. The van der Waals surface area contributed by atoms with Crippen LogP contribution in [0.4, 0.5) is 0 Å². The van der Waals surface area contributed by atoms with Crippen LogP contribution in [0.25, 0.3) is 0 Å². The van der Waals surface area contributed by atoms with Gasteiger partial charge in [0.2, 0.25) is 0 Å². The Bertz CT molecular complexity index is 536. The summed E-state index contributed by atoms with van der Waals surface area (Å²) in [6.07, 6.45) is 1.70. The number of rotatable bonds is 6. The average molecular weight is 268 g/mol. The topological polar surface area (TPSA) is 29.5 Å². The van der Waals surface area contributed by atoms with Crippen molar-refractivity contribution < 1.29 is 9.84 Å². The monoisotopic (exact) mass is 268 g/mol. The number of methoxy groups -OCH3 is 1. The Morgan fingerprint density at radius 1 is 1.10 bits per heavy atom. The summed E-state index contributed by atoms with van der Waals surface area (Å²) in [6, 6.07) is 19.4. The first-order valence-corrected chi connectivity index (χ1v) is 6.69. The summed E-state index contributed by atoms with van der Waals surface area (Å²) in [7, 11) is 1.62. The van der Waals surface area contributed by atoms with Crippen LogP contribution in [-0.2, 0) is 10.3 Å². The van der Waals surface area contributed by atoms with Crippen molar-refractivity contribution in [1.82, 2.24) is 0 Å². The summed E-state index contributed by atoms with van der Waals surface area (Å²) in [6.45, 7) is 3.77. The van der Waals surface area contributed by atoms with Crippen LogP contribution >= 0.6 is 0 Å². The van der Waals surface area contributed by atoms with Crippen molar-refractivity contribution in [2.75, 3.05) is 7.11 Å². The predicted octanol–water partition coefficient (Wildman–Crippen LogP) is 3.84. The van der Waals surface area contributed by atoms with Gasteiger partial charge >= 0.3 is 0 Å². The lowest BCUT2D eigenvalue weighted by atomic mass is 9.82. The highest BCUT2D eigenvalue weighted by molar-refractivity contribution is 5.30. The van der Waals surface area contributed by atoms with Crippen molar-refractivity contribution in [3.8, 4) is 0 Å². The quantitative estimate of drug-likeness (QED) is 0.807. The Hall–Kier alpha value is -1.90. The van der Waals surface area contributed by atoms with Gasteiger partial charge in [0.1, 0.15) is 11.7 Å². The SMILES string of the molecule is C=CC[C@@](O)(c1ccccc1)[C@@H](OC)c1ccccc1. The first-order valence-electron chi connectivity index (χ1n) is 6.69. The molecule has 2 aromatic rings. The molecule has 2 nitrogen and oxygen atoms in total. The van der Waals surface area contributed by atoms with Crippen LogP contribution in [0.3, 0.4) is 0 Å². The molecular weight excluding hydrogens is 248 g/mol. The van der Waals surface area contributed by atoms with Gasteiger partial charge in [0.25, 0.3) is 0 Å². The third kappa shape index (κ3) is 2.82. The van der Waals surface area contributed by atoms with E-state index in [9.17, 15) is 5.11 Å². The van der Waals surface area contributed by atoms with Gasteiger partial charge in [-0.05, 0) is 11.1 Å². The van der Waals surface area contributed by atoms with Gasteiger partial charge in [0, 0.05) is 13.5 Å². The molecule has 2 heteroatoms. The van der Waals surface area contributed by atoms with Crippen LogP contribution in [0.2, 0.25) is 0 Å². The highest BCUT2D eigenvalue weighted by atomic mass is 16.5. The second-order valence-corrected chi connectivity index (χ2v) is 4.81. The third-order valence-electron chi connectivity index (χ3n) is 3.50. The molecule has 2 atom stereocenters. The van der Waals surface area contributed by atoms with Crippen LogP contribution in [0, 0.1) is 0 Å². The maximum atomic E-state index is 11.2. The van der Waals surface area contributed by atoms with E-state index < -0.39 is 11.7 Å². The maximum absolute atomic E-state index is 11.2. The van der Waals surface area contributed by atoms with E-state index in [4.69, 9.17) is 4.74 Å². The van der Waals surface area contributed by atoms with E-state index in [2.05, 4.69) is 6.58 Å². The summed E-state index contributed by atoms with van der Waals surface area (Å²) in [4.78, 5) is 0. The zero-order chi connectivity index (χ0) is 14.4. The van der Waals surface area contributed by atoms with E-state index in [0.29, 0.717) is 6.42 Å². The molecule has 1 N–H and O–H groups in total. The fourth-order valence-corrected chi connectivity index (χ4v) is 2.56. The molecule has 0 radical (unpaired) electrons. The Balaban J connectivity index is 2.48. The van der Waals surface area contributed by atoms with Gasteiger partial charge in [0.05, 0.1) is 0 Å². The van der Waals surface area contributed by atoms with Crippen LogP contribution < -0.4 is 0 Å². The van der Waals surface area contributed by atoms with Crippen LogP contribution in [0.15, 0.2) is 73.3 Å². The fraction of sp³-hybridized carbons (Fsp3) is 0.222. The van der Waals surface area contributed by atoms with E-state index in [0.717, 1.165) is 11.1 Å². The summed E-state index contributed by atoms with van der Waals surface area (Å²) in [5.74, 6) is 0. The van der Waals surface area contributed by atoms with Crippen molar-refractivity contribution in [3.63, 3.8) is 0 Å². The Labute approximate surface area is 120 Å². The van der Waals surface area contributed by atoms with E-state index in [-0.39, 0.29) is 0 Å². The second kappa shape index (κ2) is 6.51. The summed E-state index contributed by atoms with van der Waals surface area (Å²) < 4.78 is 5.61. The third-order valence-corrected chi connectivity index (χ3v) is 3.50. The number of ether oxygens (including phenoxy) is 1. The first-order chi connectivity index (χ1) is 9.72. The van der Waals surface area contributed by atoms with E-state index in [1.807, 2.05) is 60.7 Å². The number of benzene rings is 2. The first kappa shape index (κ1) is 14.5. The molecule has 0 amide bonds. The van der Waals surface area contributed by atoms with Crippen molar-refractivity contribution in [2.45, 2.75) is 18.1 Å². The lowest BCUT2D eigenvalue weighted by Crippen LogP contribution is -2.34. The average Bonchev–Trinajstić information content (AvgIpc) is 2.50. The maximum Gasteiger partial charge on any atom is 0.123 e. The molecule has 20 heavy (non-hydrogen) atoms. The normalized spacial score (nSPS) is 15.3. The van der Waals surface area contributed by atoms with Crippen molar-refractivity contribution in [2.24, 2.45) is 0 Å². The molecule has 0 saturated carbocycles. The van der Waals surface area contributed by atoms with Crippen molar-refractivity contribution >= 4 is 0 Å². The molecule has 0 heterocycles. The van der Waals surface area contributed by atoms with Gasteiger partial charge in [-0.2, -0.15) is 0 Å². The molecule has 0 aromatic heterocycles. The zero-order valence-corrected chi connectivity index (χ0v) is 11.7. The van der Waals surface area contributed by atoms with Crippen molar-refractivity contribution in [3.05, 3.63) is 84.4 Å². The highest BCUT2D eigenvalue weighted by Gasteiger charge is 2.38. The summed E-state index contributed by atoms with van der Waals surface area (Å²) in [5, 5.41) is 11.2. The number of aliphatic hydroxyl groups is 1. The number of hydrogen-bond acceptors (Lipinski definition) is 2. The second-order valence-electron chi connectivity index (χ2n) is 4.81. The van der Waals surface area contributed by atoms with Crippen LogP contribution in [0.5, 0.6) is 0 Å². The molecule has 0 bridgehead atoms. The van der Waals surface area contributed by atoms with Crippen LogP contribution in [0.1, 0.15) is 23.7 Å². The minimum Gasteiger partial charge on any atom is -0.382 e. The van der Waals surface area contributed by atoms with E-state index in [1.165, 1.54) is 0 Å². The minimum absolute atomic E-state index is 0.421. The molecule has 104 valence electrons. The van der Waals surface area contributed by atoms with Gasteiger partial charge in [-0.15, -0.1) is 6.58 Å². The van der Waals surface area contributed by atoms with Gasteiger partial charge in [-0.1, -0.05) is 66.7 Å². The molecule has 0 aliphatic rings. The van der Waals surface area contributed by atoms with Crippen LogP contribution in [-0.4, -0.2) is 12.2 Å². The summed E-state index contributed by atoms with van der Waals surface area (Å²) in [5.41, 5.74) is 0.651. The Kier molecular flexibility index (Phi) is 4.72. The smallest absolute Gasteiger partial charge is 0.123 e. The molecule has 2 aromatic carbocycles. The molecule has 0 unspecified atom stereocenters. The zero-order valence-electron chi connectivity index (χ0n) is 11.7. The molecule has 0 aliphatic heterocycles. The minimum atomic E-state index is -1.13. The number of hydrogen-bond donors (Lipinski definition) is 1. The molecule has 0 spiro atoms. The highest BCUT2D eigenvalue weighted by Crippen LogP contribution is 2.40. The predicted molar refractivity (Wildman–Crippen MR) is 81.3 cm³/mol. The van der Waals surface area contributed by atoms with E-state index >= 15 is 0 Å². The summed E-state index contributed by atoms with van der Waals surface area (Å²) >= 11 is 0. The standard InChI is InChI=1S/C18H20O2/c1-3-14-18(19,16-12-8-5-9-13-16)17(20-2)15-10-6-4-7-11-15/h3-13,17,19H,1,14H2,2H3/t17-,18+/m0/s1. The van der Waals surface area contributed by atoms with Gasteiger partial charge < -0.3 is 9.84 Å². The molecular formula is C18H20O2. The molecule has 0 fully saturated rings. The molecule has 0 aliphatic carbocycles. The van der Waals surface area contributed by atoms with Gasteiger partial charge in [0.15, 0.2) is 0 Å².